The van der Waals surface area contributed by atoms with E-state index in [1.807, 2.05) is 13.8 Å². The smallest absolute Gasteiger partial charge is 0.416 e. The molecule has 2 aromatic carbocycles. The summed E-state index contributed by atoms with van der Waals surface area (Å²) in [6, 6.07) is 11.4. The highest BCUT2D eigenvalue weighted by Gasteiger charge is 2.30. The zero-order valence-electron chi connectivity index (χ0n) is 17.1. The number of carbonyl (C=O) groups is 1. The zero-order chi connectivity index (χ0) is 23.0. The second-order valence-corrected chi connectivity index (χ2v) is 5.97. The number of hydrogen-bond donors (Lipinski definition) is 2. The number of benzene rings is 2. The number of hydrogen-bond acceptors (Lipinski definition) is 7. The number of halogens is 3. The van der Waals surface area contributed by atoms with Gasteiger partial charge in [0.1, 0.15) is 0 Å². The van der Waals surface area contributed by atoms with E-state index < -0.39 is 30.4 Å². The molecule has 0 aliphatic heterocycles. The lowest BCUT2D eigenvalue weighted by Gasteiger charge is -2.12. The average Bonchev–Trinajstić information content (AvgIpc) is 3.23. The van der Waals surface area contributed by atoms with E-state index in [9.17, 15) is 23.1 Å². The van der Waals surface area contributed by atoms with E-state index in [1.165, 1.54) is 19.1 Å². The minimum atomic E-state index is -4.41. The molecule has 0 aliphatic rings. The molecule has 166 valence electrons. The van der Waals surface area contributed by atoms with Crippen LogP contribution in [-0.2, 0) is 15.7 Å². The highest BCUT2D eigenvalue weighted by atomic mass is 19.4. The highest BCUT2D eigenvalue weighted by Crippen LogP contribution is 2.33. The van der Waals surface area contributed by atoms with Gasteiger partial charge in [-0.05, 0) is 36.4 Å². The molecule has 31 heavy (non-hydrogen) atoms. The molecule has 0 spiro atoms. The monoisotopic (exact) mass is 437 g/mol. The van der Waals surface area contributed by atoms with Crippen molar-refractivity contribution >= 4 is 17.3 Å². The SMILES string of the molecule is CC.CC(=O)OC(CO)c1nnc(-c2ccccc2Nc2ccc(C(F)(F)F)cc2)o1. The van der Waals surface area contributed by atoms with Gasteiger partial charge in [0.25, 0.3) is 5.89 Å². The number of rotatable bonds is 6. The maximum absolute atomic E-state index is 12.7. The van der Waals surface area contributed by atoms with Crippen LogP contribution in [0.5, 0.6) is 0 Å². The first-order chi connectivity index (χ1) is 14.8. The third-order valence-corrected chi connectivity index (χ3v) is 3.84. The third kappa shape index (κ3) is 6.29. The molecule has 0 radical (unpaired) electrons. The highest BCUT2D eigenvalue weighted by molar-refractivity contribution is 5.76. The van der Waals surface area contributed by atoms with Crippen molar-refractivity contribution in [3.63, 3.8) is 0 Å². The minimum Gasteiger partial charge on any atom is -0.450 e. The van der Waals surface area contributed by atoms with Crippen molar-refractivity contribution in [2.75, 3.05) is 11.9 Å². The minimum absolute atomic E-state index is 0.0815. The Morgan fingerprint density at radius 1 is 1.13 bits per heavy atom. The summed E-state index contributed by atoms with van der Waals surface area (Å²) in [4.78, 5) is 11.1. The molecule has 0 fully saturated rings. The van der Waals surface area contributed by atoms with Gasteiger partial charge in [-0.25, -0.2) is 0 Å². The topological polar surface area (TPSA) is 97.5 Å². The molecule has 1 atom stereocenters. The third-order valence-electron chi connectivity index (χ3n) is 3.84. The lowest BCUT2D eigenvalue weighted by Crippen LogP contribution is -2.12. The predicted octanol–water partition coefficient (Wildman–Crippen LogP) is 5.12. The van der Waals surface area contributed by atoms with Crippen LogP contribution < -0.4 is 5.32 Å². The molecule has 7 nitrogen and oxygen atoms in total. The summed E-state index contributed by atoms with van der Waals surface area (Å²) < 4.78 is 48.6. The Hall–Kier alpha value is -3.40. The molecule has 1 aromatic heterocycles. The lowest BCUT2D eigenvalue weighted by atomic mass is 10.1. The number of nitrogens with one attached hydrogen (secondary N) is 1. The van der Waals surface area contributed by atoms with Crippen molar-refractivity contribution in [3.05, 3.63) is 60.0 Å². The van der Waals surface area contributed by atoms with Gasteiger partial charge in [0.05, 0.1) is 23.4 Å². The van der Waals surface area contributed by atoms with Crippen LogP contribution in [0.25, 0.3) is 11.5 Å². The fourth-order valence-electron chi connectivity index (χ4n) is 2.52. The molecule has 1 heterocycles. The summed E-state index contributed by atoms with van der Waals surface area (Å²) >= 11 is 0. The van der Waals surface area contributed by atoms with Crippen LogP contribution in [-0.4, -0.2) is 27.9 Å². The number of anilines is 2. The predicted molar refractivity (Wildman–Crippen MR) is 107 cm³/mol. The van der Waals surface area contributed by atoms with E-state index in [2.05, 4.69) is 15.5 Å². The van der Waals surface area contributed by atoms with Crippen molar-refractivity contribution in [2.24, 2.45) is 0 Å². The first-order valence-corrected chi connectivity index (χ1v) is 9.43. The number of nitrogens with zero attached hydrogens (tertiary/aromatic N) is 2. The van der Waals surface area contributed by atoms with Crippen LogP contribution in [0.3, 0.4) is 0 Å². The quantitative estimate of drug-likeness (QED) is 0.517. The van der Waals surface area contributed by atoms with Gasteiger partial charge in [-0.1, -0.05) is 26.0 Å². The fraction of sp³-hybridized carbons (Fsp3) is 0.286. The van der Waals surface area contributed by atoms with E-state index in [4.69, 9.17) is 9.15 Å². The number of aromatic nitrogens is 2. The first kappa shape index (κ1) is 23.9. The molecule has 0 aliphatic carbocycles. The Morgan fingerprint density at radius 3 is 2.35 bits per heavy atom. The van der Waals surface area contributed by atoms with Crippen LogP contribution >= 0.6 is 0 Å². The Kier molecular flexibility index (Phi) is 8.14. The number of aliphatic hydroxyl groups excluding tert-OH is 1. The summed E-state index contributed by atoms with van der Waals surface area (Å²) in [5.41, 5.74) is 0.665. The summed E-state index contributed by atoms with van der Waals surface area (Å²) in [5.74, 6) is -0.615. The number of para-hydroxylation sites is 1. The Morgan fingerprint density at radius 2 is 1.77 bits per heavy atom. The van der Waals surface area contributed by atoms with Gasteiger partial charge in [-0.2, -0.15) is 13.2 Å². The van der Waals surface area contributed by atoms with Crippen LogP contribution in [0.2, 0.25) is 0 Å². The van der Waals surface area contributed by atoms with Crippen LogP contribution in [0.15, 0.2) is 52.9 Å². The molecule has 0 saturated carbocycles. The van der Waals surface area contributed by atoms with E-state index in [0.717, 1.165) is 12.1 Å². The summed E-state index contributed by atoms with van der Waals surface area (Å²) in [6.07, 6.45) is -5.51. The number of alkyl halides is 3. The second-order valence-electron chi connectivity index (χ2n) is 5.97. The summed E-state index contributed by atoms with van der Waals surface area (Å²) in [5, 5.41) is 20.0. The molecule has 3 aromatic rings. The van der Waals surface area contributed by atoms with Gasteiger partial charge in [0.2, 0.25) is 12.0 Å². The van der Waals surface area contributed by atoms with Gasteiger partial charge >= 0.3 is 12.1 Å². The number of carbonyl (C=O) groups excluding carboxylic acids is 1. The van der Waals surface area contributed by atoms with Gasteiger partial charge in [-0.15, -0.1) is 10.2 Å². The van der Waals surface area contributed by atoms with Gasteiger partial charge in [-0.3, -0.25) is 4.79 Å². The van der Waals surface area contributed by atoms with Gasteiger partial charge in [0.15, 0.2) is 0 Å². The average molecular weight is 437 g/mol. The van der Waals surface area contributed by atoms with E-state index in [-0.39, 0.29) is 11.8 Å². The van der Waals surface area contributed by atoms with Gasteiger partial charge < -0.3 is 19.6 Å². The van der Waals surface area contributed by atoms with E-state index >= 15 is 0 Å². The summed E-state index contributed by atoms with van der Waals surface area (Å²) in [6.45, 7) is 4.65. The molecule has 1 unspecified atom stereocenters. The van der Waals surface area contributed by atoms with Gasteiger partial charge in [0, 0.05) is 12.6 Å². The van der Waals surface area contributed by atoms with Crippen LogP contribution in [0, 0.1) is 0 Å². The van der Waals surface area contributed by atoms with Crippen molar-refractivity contribution in [1.29, 1.82) is 0 Å². The molecule has 3 rings (SSSR count). The molecule has 2 N–H and O–H groups in total. The maximum atomic E-state index is 12.7. The van der Waals surface area contributed by atoms with E-state index in [0.29, 0.717) is 16.9 Å². The number of ether oxygens (including phenoxy) is 1. The van der Waals surface area contributed by atoms with E-state index in [1.54, 1.807) is 24.3 Å². The van der Waals surface area contributed by atoms with Crippen LogP contribution in [0.4, 0.5) is 24.5 Å². The Balaban J connectivity index is 0.00000166. The molecular formula is C21H22F3N3O4. The second kappa shape index (κ2) is 10.6. The summed E-state index contributed by atoms with van der Waals surface area (Å²) in [7, 11) is 0. The molecule has 0 bridgehead atoms. The normalized spacial score (nSPS) is 11.8. The van der Waals surface area contributed by atoms with Crippen molar-refractivity contribution in [3.8, 4) is 11.5 Å². The standard InChI is InChI=1S/C19H16F3N3O4.C2H6/c1-11(27)28-16(10-26)18-25-24-17(29-18)14-4-2-3-5-15(14)23-13-8-6-12(7-9-13)19(20,21)22;1-2/h2-9,16,23,26H,10H2,1H3;1-2H3. The van der Waals surface area contributed by atoms with Crippen molar-refractivity contribution < 1.29 is 32.2 Å². The molecule has 0 saturated heterocycles. The maximum Gasteiger partial charge on any atom is 0.416 e. The fourth-order valence-corrected chi connectivity index (χ4v) is 2.52. The lowest BCUT2D eigenvalue weighted by molar-refractivity contribution is -0.150. The van der Waals surface area contributed by atoms with Crippen molar-refractivity contribution in [1.82, 2.24) is 10.2 Å². The first-order valence-electron chi connectivity index (χ1n) is 9.43. The zero-order valence-corrected chi connectivity index (χ0v) is 17.1. The molecule has 10 heteroatoms. The largest absolute Gasteiger partial charge is 0.450 e. The number of esters is 1. The Bertz CT molecular complexity index is 988. The Labute approximate surface area is 176 Å². The van der Waals surface area contributed by atoms with Crippen LogP contribution in [0.1, 0.15) is 38.3 Å². The molecular weight excluding hydrogens is 415 g/mol. The number of aliphatic hydroxyl groups is 1. The van der Waals surface area contributed by atoms with Crippen molar-refractivity contribution in [2.45, 2.75) is 33.1 Å². The molecule has 0 amide bonds.